The Kier molecular flexibility index (Phi) is 21.8. The van der Waals surface area contributed by atoms with E-state index in [-0.39, 0.29) is 28.7 Å². The minimum Gasteiger partial charge on any atom is -0.726 e. The van der Waals surface area contributed by atoms with Gasteiger partial charge < -0.3 is 16.2 Å². The maximum Gasteiger partial charge on any atom is 0.215 e. The van der Waals surface area contributed by atoms with Crippen LogP contribution in [0, 0.1) is 0 Å². The maximum absolute atomic E-state index is 8.63. The van der Waals surface area contributed by atoms with E-state index in [1.165, 1.54) is 0 Å². The van der Waals surface area contributed by atoms with Crippen molar-refractivity contribution in [3.8, 4) is 0 Å². The molecule has 0 aromatic heterocycles. The van der Waals surface area contributed by atoms with Gasteiger partial charge in [0.25, 0.3) is 0 Å². The molecule has 0 fully saturated rings. The molecule has 0 aliphatic carbocycles. The predicted molar refractivity (Wildman–Crippen MR) is 21.0 cm³/mol. The van der Waals surface area contributed by atoms with Crippen LogP contribution < -0.4 is 6.15 Å². The van der Waals surface area contributed by atoms with Gasteiger partial charge in [0.1, 0.15) is 0 Å². The molecule has 0 heterocycles. The van der Waals surface area contributed by atoms with E-state index in [2.05, 4.69) is 0 Å². The summed E-state index contributed by atoms with van der Waals surface area (Å²) in [5.41, 5.74) is 0. The average Bonchev–Trinajstić information content (AvgIpc) is 0.722. The molecule has 0 spiro atoms. The number of hydrogen-bond acceptors (Lipinski definition) is 4. The maximum atomic E-state index is 8.63. The Labute approximate surface area is 57.2 Å². The molecule has 0 aliphatic heterocycles. The minimum atomic E-state index is -4.92. The fraction of sp³-hybridized carbons (Fsp3) is 0. The molecular formula is H6FeNO5S-. The SMILES string of the molecule is N.O.O=S(=O)([O-])O.[Fe]. The third-order valence-corrected chi connectivity index (χ3v) is 0. The Morgan fingerprint density at radius 3 is 1.38 bits per heavy atom. The van der Waals surface area contributed by atoms with Gasteiger partial charge in [0.15, 0.2) is 0 Å². The van der Waals surface area contributed by atoms with E-state index < -0.39 is 10.4 Å². The van der Waals surface area contributed by atoms with Gasteiger partial charge in [-0.05, 0) is 0 Å². The van der Waals surface area contributed by atoms with Crippen LogP contribution in [0.3, 0.4) is 0 Å². The first kappa shape index (κ1) is 23.9. The second-order valence-corrected chi connectivity index (χ2v) is 1.28. The molecule has 6 nitrogen and oxygen atoms in total. The van der Waals surface area contributed by atoms with Crippen LogP contribution in [0.1, 0.15) is 0 Å². The van der Waals surface area contributed by atoms with Gasteiger partial charge in [-0.25, -0.2) is 8.42 Å². The minimum absolute atomic E-state index is 0. The van der Waals surface area contributed by atoms with Crippen LogP contribution >= 0.6 is 0 Å². The summed E-state index contributed by atoms with van der Waals surface area (Å²) in [6, 6.07) is 0. The van der Waals surface area contributed by atoms with Crippen LogP contribution in [-0.4, -0.2) is 23.0 Å². The summed E-state index contributed by atoms with van der Waals surface area (Å²) in [6.07, 6.45) is 0. The van der Waals surface area contributed by atoms with E-state index in [1.54, 1.807) is 0 Å². The summed E-state index contributed by atoms with van der Waals surface area (Å²) in [4.78, 5) is 0. The van der Waals surface area contributed by atoms with Crippen molar-refractivity contribution in [3.05, 3.63) is 0 Å². The number of hydrogen-bond donors (Lipinski definition) is 2. The predicted octanol–water partition coefficient (Wildman–Crippen LogP) is -1.66. The summed E-state index contributed by atoms with van der Waals surface area (Å²) in [7, 11) is -4.92. The molecule has 0 radical (unpaired) electrons. The van der Waals surface area contributed by atoms with Crippen LogP contribution in [0.4, 0.5) is 0 Å². The van der Waals surface area contributed by atoms with Crippen molar-refractivity contribution < 1.29 is 40.1 Å². The number of rotatable bonds is 0. The van der Waals surface area contributed by atoms with Gasteiger partial charge >= 0.3 is 0 Å². The van der Waals surface area contributed by atoms with E-state index >= 15 is 0 Å². The van der Waals surface area contributed by atoms with E-state index in [0.717, 1.165) is 0 Å². The molecule has 6 N–H and O–H groups in total. The molecule has 56 valence electrons. The summed E-state index contributed by atoms with van der Waals surface area (Å²) >= 11 is 0. The second kappa shape index (κ2) is 7.31. The summed E-state index contributed by atoms with van der Waals surface area (Å²) in [6.45, 7) is 0. The zero-order valence-electron chi connectivity index (χ0n) is 3.64. The third kappa shape index (κ3) is 1860. The Hall–Kier alpha value is 0.309. The molecule has 0 atom stereocenters. The van der Waals surface area contributed by atoms with Crippen LogP contribution in [-0.2, 0) is 27.5 Å². The smallest absolute Gasteiger partial charge is 0.215 e. The first-order valence-corrected chi connectivity index (χ1v) is 2.05. The molecule has 0 saturated heterocycles. The molecule has 0 saturated carbocycles. The van der Waals surface area contributed by atoms with E-state index in [4.69, 9.17) is 17.5 Å². The van der Waals surface area contributed by atoms with Gasteiger partial charge in [-0.1, -0.05) is 0 Å². The van der Waals surface area contributed by atoms with Crippen molar-refractivity contribution >= 4 is 10.4 Å². The summed E-state index contributed by atoms with van der Waals surface area (Å²) < 4.78 is 32.8. The molecule has 0 aromatic rings. The molecule has 0 rings (SSSR count). The topological polar surface area (TPSA) is 144 Å². The van der Waals surface area contributed by atoms with Crippen molar-refractivity contribution in [3.63, 3.8) is 0 Å². The molecule has 0 unspecified atom stereocenters. The van der Waals surface area contributed by atoms with Crippen LogP contribution in [0.25, 0.3) is 0 Å². The van der Waals surface area contributed by atoms with Crippen molar-refractivity contribution in [1.82, 2.24) is 6.15 Å². The Balaban J connectivity index is -0.0000000267. The fourth-order valence-corrected chi connectivity index (χ4v) is 0. The van der Waals surface area contributed by atoms with Crippen molar-refractivity contribution in [2.24, 2.45) is 0 Å². The first-order valence-electron chi connectivity index (χ1n) is 0.683. The average molecular weight is 188 g/mol. The van der Waals surface area contributed by atoms with Crippen molar-refractivity contribution in [1.29, 1.82) is 0 Å². The Bertz CT molecular complexity index is 95.6. The van der Waals surface area contributed by atoms with Crippen LogP contribution in [0.15, 0.2) is 0 Å². The van der Waals surface area contributed by atoms with Crippen LogP contribution in [0.2, 0.25) is 0 Å². The summed E-state index contributed by atoms with van der Waals surface area (Å²) in [5, 5.41) is 0. The van der Waals surface area contributed by atoms with Crippen LogP contribution in [0.5, 0.6) is 0 Å². The van der Waals surface area contributed by atoms with Gasteiger partial charge in [0.05, 0.1) is 0 Å². The van der Waals surface area contributed by atoms with Gasteiger partial charge in [-0.15, -0.1) is 0 Å². The second-order valence-electron chi connectivity index (χ2n) is 0.428. The Morgan fingerprint density at radius 2 is 1.38 bits per heavy atom. The van der Waals surface area contributed by atoms with E-state index in [0.29, 0.717) is 0 Å². The third-order valence-electron chi connectivity index (χ3n) is 0. The largest absolute Gasteiger partial charge is 0.726 e. The van der Waals surface area contributed by atoms with Crippen molar-refractivity contribution in [2.75, 3.05) is 0 Å². The summed E-state index contributed by atoms with van der Waals surface area (Å²) in [5.74, 6) is 0. The molecular weight excluding hydrogens is 182 g/mol. The Morgan fingerprint density at radius 1 is 1.38 bits per heavy atom. The molecule has 8 heteroatoms. The molecule has 8 heavy (non-hydrogen) atoms. The van der Waals surface area contributed by atoms with Gasteiger partial charge in [-0.2, -0.15) is 0 Å². The van der Waals surface area contributed by atoms with E-state index in [9.17, 15) is 0 Å². The van der Waals surface area contributed by atoms with Gasteiger partial charge in [0.2, 0.25) is 10.4 Å². The molecule has 0 aliphatic rings. The van der Waals surface area contributed by atoms with E-state index in [1.807, 2.05) is 0 Å². The molecule has 0 aromatic carbocycles. The zero-order chi connectivity index (χ0) is 4.50. The monoisotopic (exact) mass is 188 g/mol. The van der Waals surface area contributed by atoms with Gasteiger partial charge in [0, 0.05) is 17.1 Å². The standard InChI is InChI=1S/Fe.H3N.H2O4S.H2O/c;;1-5(2,3)4;/h;1H3;(H2,1,2,3,4);1H2/p-1. The molecule has 0 amide bonds. The van der Waals surface area contributed by atoms with Crippen molar-refractivity contribution in [2.45, 2.75) is 0 Å². The molecule has 0 bridgehead atoms. The first-order chi connectivity index (χ1) is 2.00. The van der Waals surface area contributed by atoms with Gasteiger partial charge in [-0.3, -0.25) is 4.55 Å². The zero-order valence-corrected chi connectivity index (χ0v) is 5.56. The fourth-order valence-electron chi connectivity index (χ4n) is 0. The quantitative estimate of drug-likeness (QED) is 0.265. The normalized spacial score (nSPS) is 7.25.